The Hall–Kier alpha value is -2.89. The molecule has 2 rings (SSSR count). The normalized spacial score (nSPS) is 11.7. The molecule has 0 aliphatic heterocycles. The van der Waals surface area contributed by atoms with Crippen LogP contribution in [0.5, 0.6) is 0 Å². The van der Waals surface area contributed by atoms with Crippen LogP contribution in [0.15, 0.2) is 47.1 Å². The minimum absolute atomic E-state index is 0.0707. The van der Waals surface area contributed by atoms with E-state index >= 15 is 0 Å². The fourth-order valence-electron chi connectivity index (χ4n) is 2.71. The standard InChI is InChI=1S/C21H25NO5/c1-15-6-8-17(9-7-15)19(23)10-11-20(24)22(13-16(2)21(25)26-3)14-18-5-4-12-27-18/h4-9,12,16H,10-11,13-14H2,1-3H3. The molecule has 0 aliphatic carbocycles. The van der Waals surface area contributed by atoms with Gasteiger partial charge in [0.25, 0.3) is 0 Å². The van der Waals surface area contributed by atoms with Crippen molar-refractivity contribution in [2.75, 3.05) is 13.7 Å². The number of hydrogen-bond donors (Lipinski definition) is 0. The number of aryl methyl sites for hydroxylation is 1. The van der Waals surface area contributed by atoms with Crippen molar-refractivity contribution in [2.24, 2.45) is 5.92 Å². The van der Waals surface area contributed by atoms with Gasteiger partial charge in [-0.05, 0) is 19.1 Å². The first-order valence-electron chi connectivity index (χ1n) is 8.88. The summed E-state index contributed by atoms with van der Waals surface area (Å²) in [7, 11) is 1.32. The summed E-state index contributed by atoms with van der Waals surface area (Å²) in [4.78, 5) is 38.2. The average Bonchev–Trinajstić information content (AvgIpc) is 3.18. The average molecular weight is 371 g/mol. The lowest BCUT2D eigenvalue weighted by Gasteiger charge is -2.24. The zero-order valence-electron chi connectivity index (χ0n) is 15.9. The van der Waals surface area contributed by atoms with Crippen LogP contribution in [0.25, 0.3) is 0 Å². The number of nitrogens with zero attached hydrogens (tertiary/aromatic N) is 1. The van der Waals surface area contributed by atoms with E-state index in [1.165, 1.54) is 18.3 Å². The van der Waals surface area contributed by atoms with Crippen LogP contribution in [0.3, 0.4) is 0 Å². The Morgan fingerprint density at radius 1 is 1.11 bits per heavy atom. The number of furan rings is 1. The molecule has 0 fully saturated rings. The van der Waals surface area contributed by atoms with Crippen LogP contribution < -0.4 is 0 Å². The summed E-state index contributed by atoms with van der Waals surface area (Å²) >= 11 is 0. The van der Waals surface area contributed by atoms with E-state index in [1.807, 2.05) is 19.1 Å². The van der Waals surface area contributed by atoms with Gasteiger partial charge in [-0.1, -0.05) is 36.8 Å². The van der Waals surface area contributed by atoms with Crippen molar-refractivity contribution >= 4 is 17.7 Å². The predicted molar refractivity (Wildman–Crippen MR) is 100 cm³/mol. The SMILES string of the molecule is COC(=O)C(C)CN(Cc1ccco1)C(=O)CCC(=O)c1ccc(C)cc1. The topological polar surface area (TPSA) is 76.8 Å². The maximum Gasteiger partial charge on any atom is 0.310 e. The number of esters is 1. The third-order valence-corrected chi connectivity index (χ3v) is 4.32. The van der Waals surface area contributed by atoms with Crippen molar-refractivity contribution in [2.45, 2.75) is 33.2 Å². The second-order valence-electron chi connectivity index (χ2n) is 6.57. The second-order valence-corrected chi connectivity index (χ2v) is 6.57. The van der Waals surface area contributed by atoms with E-state index < -0.39 is 5.92 Å². The highest BCUT2D eigenvalue weighted by atomic mass is 16.5. The van der Waals surface area contributed by atoms with Crippen LogP contribution >= 0.6 is 0 Å². The molecular weight excluding hydrogens is 346 g/mol. The molecule has 144 valence electrons. The van der Waals surface area contributed by atoms with Crippen LogP contribution in [0.4, 0.5) is 0 Å². The van der Waals surface area contributed by atoms with Crippen molar-refractivity contribution in [3.8, 4) is 0 Å². The van der Waals surface area contributed by atoms with E-state index in [9.17, 15) is 14.4 Å². The number of carbonyl (C=O) groups excluding carboxylic acids is 3. The summed E-state index contributed by atoms with van der Waals surface area (Å²) < 4.78 is 10.1. The molecule has 0 radical (unpaired) electrons. The zero-order valence-corrected chi connectivity index (χ0v) is 15.9. The maximum absolute atomic E-state index is 12.7. The van der Waals surface area contributed by atoms with E-state index in [4.69, 9.17) is 9.15 Å². The minimum Gasteiger partial charge on any atom is -0.469 e. The van der Waals surface area contributed by atoms with Gasteiger partial charge in [-0.2, -0.15) is 0 Å². The molecule has 1 amide bonds. The molecule has 0 saturated carbocycles. The molecular formula is C21H25NO5. The number of ketones is 1. The highest BCUT2D eigenvalue weighted by molar-refractivity contribution is 5.98. The molecule has 27 heavy (non-hydrogen) atoms. The first-order chi connectivity index (χ1) is 12.9. The summed E-state index contributed by atoms with van der Waals surface area (Å²) in [5.41, 5.74) is 1.66. The third kappa shape index (κ3) is 6.09. The van der Waals surface area contributed by atoms with Gasteiger partial charge in [-0.25, -0.2) is 0 Å². The van der Waals surface area contributed by atoms with Gasteiger partial charge in [0.2, 0.25) is 5.91 Å². The minimum atomic E-state index is -0.471. The Labute approximate surface area is 159 Å². The molecule has 1 aromatic carbocycles. The van der Waals surface area contributed by atoms with Gasteiger partial charge in [0.15, 0.2) is 5.78 Å². The van der Waals surface area contributed by atoms with Crippen molar-refractivity contribution in [3.05, 3.63) is 59.5 Å². The second kappa shape index (κ2) is 9.71. The van der Waals surface area contributed by atoms with Gasteiger partial charge < -0.3 is 14.1 Å². The van der Waals surface area contributed by atoms with Crippen LogP contribution in [-0.4, -0.2) is 36.2 Å². The van der Waals surface area contributed by atoms with Crippen molar-refractivity contribution in [3.63, 3.8) is 0 Å². The number of ether oxygens (including phenoxy) is 1. The molecule has 0 saturated heterocycles. The Morgan fingerprint density at radius 3 is 2.41 bits per heavy atom. The van der Waals surface area contributed by atoms with Gasteiger partial charge >= 0.3 is 5.97 Å². The number of carbonyl (C=O) groups is 3. The molecule has 1 aromatic heterocycles. The highest BCUT2D eigenvalue weighted by Gasteiger charge is 2.23. The lowest BCUT2D eigenvalue weighted by molar-refractivity contribution is -0.146. The molecule has 6 heteroatoms. The van der Waals surface area contributed by atoms with Gasteiger partial charge in [0.05, 0.1) is 25.8 Å². The van der Waals surface area contributed by atoms with Crippen LogP contribution in [-0.2, 0) is 20.9 Å². The Kier molecular flexibility index (Phi) is 7.34. The van der Waals surface area contributed by atoms with Crippen LogP contribution in [0, 0.1) is 12.8 Å². The summed E-state index contributed by atoms with van der Waals surface area (Å²) in [5, 5.41) is 0. The number of hydrogen-bond acceptors (Lipinski definition) is 5. The first kappa shape index (κ1) is 20.4. The summed E-state index contributed by atoms with van der Waals surface area (Å²) in [5.74, 6) is -0.528. The van der Waals surface area contributed by atoms with Crippen LogP contribution in [0.2, 0.25) is 0 Å². The molecule has 1 atom stereocenters. The zero-order chi connectivity index (χ0) is 19.8. The van der Waals surface area contributed by atoms with Crippen molar-refractivity contribution < 1.29 is 23.5 Å². The number of Topliss-reactive ketones (excluding diaryl/α,β-unsaturated/α-hetero) is 1. The molecule has 2 aromatic rings. The quantitative estimate of drug-likeness (QED) is 0.499. The molecule has 1 unspecified atom stereocenters. The van der Waals surface area contributed by atoms with Gasteiger partial charge in [-0.3, -0.25) is 14.4 Å². The first-order valence-corrected chi connectivity index (χ1v) is 8.88. The fourth-order valence-corrected chi connectivity index (χ4v) is 2.71. The number of methoxy groups -OCH3 is 1. The molecule has 6 nitrogen and oxygen atoms in total. The Balaban J connectivity index is 2.00. The summed E-state index contributed by atoms with van der Waals surface area (Å²) in [6.45, 7) is 4.09. The molecule has 0 aliphatic rings. The summed E-state index contributed by atoms with van der Waals surface area (Å²) in [6, 6.07) is 10.8. The van der Waals surface area contributed by atoms with Crippen molar-refractivity contribution in [1.82, 2.24) is 4.90 Å². The van der Waals surface area contributed by atoms with E-state index in [0.29, 0.717) is 11.3 Å². The molecule has 0 N–H and O–H groups in total. The highest BCUT2D eigenvalue weighted by Crippen LogP contribution is 2.13. The molecule has 0 bridgehead atoms. The summed E-state index contributed by atoms with van der Waals surface area (Å²) in [6.07, 6.45) is 1.72. The van der Waals surface area contributed by atoms with Gasteiger partial charge in [0.1, 0.15) is 5.76 Å². The third-order valence-electron chi connectivity index (χ3n) is 4.32. The fraction of sp³-hybridized carbons (Fsp3) is 0.381. The van der Waals surface area contributed by atoms with E-state index in [1.54, 1.807) is 31.2 Å². The Morgan fingerprint density at radius 2 is 1.81 bits per heavy atom. The number of rotatable bonds is 9. The lowest BCUT2D eigenvalue weighted by Crippen LogP contribution is -2.36. The van der Waals surface area contributed by atoms with E-state index in [2.05, 4.69) is 0 Å². The van der Waals surface area contributed by atoms with Gasteiger partial charge in [-0.15, -0.1) is 0 Å². The van der Waals surface area contributed by atoms with Crippen LogP contribution in [0.1, 0.15) is 41.4 Å². The predicted octanol–water partition coefficient (Wildman–Crippen LogP) is 3.39. The molecule has 0 spiro atoms. The molecule has 1 heterocycles. The monoisotopic (exact) mass is 371 g/mol. The largest absolute Gasteiger partial charge is 0.469 e. The van der Waals surface area contributed by atoms with Gasteiger partial charge in [0, 0.05) is 24.9 Å². The smallest absolute Gasteiger partial charge is 0.310 e. The van der Waals surface area contributed by atoms with Crippen molar-refractivity contribution in [1.29, 1.82) is 0 Å². The lowest BCUT2D eigenvalue weighted by atomic mass is 10.0. The van der Waals surface area contributed by atoms with E-state index in [0.717, 1.165) is 5.56 Å². The number of amides is 1. The van der Waals surface area contributed by atoms with E-state index in [-0.39, 0.29) is 43.6 Å². The number of benzene rings is 1. The maximum atomic E-state index is 12.7. The Bertz CT molecular complexity index is 764.